The average molecular weight is 449 g/mol. The molecule has 0 unspecified atom stereocenters. The van der Waals surface area contributed by atoms with Crippen molar-refractivity contribution in [3.8, 4) is 5.75 Å². The molecule has 0 saturated carbocycles. The van der Waals surface area contributed by atoms with E-state index in [0.29, 0.717) is 11.6 Å². The van der Waals surface area contributed by atoms with Gasteiger partial charge in [-0.1, -0.05) is 36.4 Å². The normalized spacial score (nSPS) is 16.2. The topological polar surface area (TPSA) is 67.3 Å². The van der Waals surface area contributed by atoms with Gasteiger partial charge in [-0.15, -0.1) is 11.3 Å². The molecule has 1 aliphatic rings. The van der Waals surface area contributed by atoms with E-state index in [1.165, 1.54) is 0 Å². The molecule has 0 aliphatic carbocycles. The van der Waals surface area contributed by atoms with Crippen LogP contribution in [0.5, 0.6) is 5.75 Å². The fourth-order valence-electron chi connectivity index (χ4n) is 4.08. The number of likely N-dealkylation sites (tertiary alicyclic amines) is 1. The Kier molecular flexibility index (Phi) is 7.64. The van der Waals surface area contributed by atoms with E-state index in [9.17, 15) is 4.79 Å². The molecule has 1 aliphatic heterocycles. The van der Waals surface area contributed by atoms with Crippen LogP contribution < -0.4 is 10.1 Å². The van der Waals surface area contributed by atoms with Crippen LogP contribution in [-0.4, -0.2) is 47.5 Å². The van der Waals surface area contributed by atoms with Gasteiger partial charge in [0.25, 0.3) is 5.91 Å². The van der Waals surface area contributed by atoms with E-state index < -0.39 is 0 Å². The Morgan fingerprint density at radius 3 is 2.72 bits per heavy atom. The number of benzene rings is 1. The number of hydrogen-bond acceptors (Lipinski definition) is 6. The molecular weight excluding hydrogens is 420 g/mol. The average Bonchev–Trinajstić information content (AvgIpc) is 3.38. The first-order valence-corrected chi connectivity index (χ1v) is 11.8. The maximum absolute atomic E-state index is 12.8. The number of nitrogens with zero attached hydrogens (tertiary/aromatic N) is 3. The van der Waals surface area contributed by atoms with E-state index in [2.05, 4.69) is 38.4 Å². The molecule has 166 valence electrons. The highest BCUT2D eigenvalue weighted by Gasteiger charge is 2.30. The summed E-state index contributed by atoms with van der Waals surface area (Å²) in [6, 6.07) is 13.3. The first kappa shape index (κ1) is 22.2. The minimum Gasteiger partial charge on any atom is -0.496 e. The third-order valence-corrected chi connectivity index (χ3v) is 6.66. The van der Waals surface area contributed by atoms with Crippen LogP contribution in [0.15, 0.2) is 66.3 Å². The number of carbonyl (C=O) groups excluding carboxylic acids is 1. The van der Waals surface area contributed by atoms with E-state index in [0.717, 1.165) is 48.8 Å². The summed E-state index contributed by atoms with van der Waals surface area (Å²) in [6.45, 7) is 2.87. The van der Waals surface area contributed by atoms with E-state index in [4.69, 9.17) is 4.74 Å². The SMILES string of the molecule is COc1ccccc1/C=C/CN1CCC([C@@H](NC(=O)c2ccccn2)c2nccs2)CC1. The fourth-order valence-corrected chi connectivity index (χ4v) is 4.86. The molecule has 6 nitrogen and oxygen atoms in total. The van der Waals surface area contributed by atoms with Crippen molar-refractivity contribution in [2.75, 3.05) is 26.7 Å². The lowest BCUT2D eigenvalue weighted by Crippen LogP contribution is -2.41. The molecule has 3 aromatic rings. The van der Waals surface area contributed by atoms with Crippen molar-refractivity contribution in [3.63, 3.8) is 0 Å². The number of piperidine rings is 1. The molecule has 1 saturated heterocycles. The summed E-state index contributed by atoms with van der Waals surface area (Å²) >= 11 is 1.59. The van der Waals surface area contributed by atoms with Crippen molar-refractivity contribution >= 4 is 23.3 Å². The number of amides is 1. The van der Waals surface area contributed by atoms with Gasteiger partial charge in [-0.3, -0.25) is 14.7 Å². The van der Waals surface area contributed by atoms with Crippen molar-refractivity contribution in [3.05, 3.63) is 82.6 Å². The fraction of sp³-hybridized carbons (Fsp3) is 0.320. The standard InChI is InChI=1S/C25H28N4O2S/c1-31-22-10-3-2-7-19(22)8-6-15-29-16-11-20(12-17-29)23(25-27-14-18-32-25)28-24(30)21-9-4-5-13-26-21/h2-10,13-14,18,20,23H,11-12,15-17H2,1H3,(H,28,30)/b8-6+/t23-/m1/s1. The van der Waals surface area contributed by atoms with Gasteiger partial charge in [-0.2, -0.15) is 0 Å². The highest BCUT2D eigenvalue weighted by molar-refractivity contribution is 7.09. The molecule has 4 rings (SSSR count). The van der Waals surface area contributed by atoms with Crippen LogP contribution in [-0.2, 0) is 0 Å². The van der Waals surface area contributed by atoms with Gasteiger partial charge in [-0.25, -0.2) is 4.98 Å². The number of pyridine rings is 1. The molecule has 1 fully saturated rings. The van der Waals surface area contributed by atoms with E-state index in [1.807, 2.05) is 35.7 Å². The minimum atomic E-state index is -0.145. The lowest BCUT2D eigenvalue weighted by Gasteiger charge is -2.35. The second kappa shape index (κ2) is 11.0. The minimum absolute atomic E-state index is 0.0872. The number of hydrogen-bond donors (Lipinski definition) is 1. The molecule has 32 heavy (non-hydrogen) atoms. The summed E-state index contributed by atoms with van der Waals surface area (Å²) in [6.07, 6.45) is 9.78. The number of aromatic nitrogens is 2. The monoisotopic (exact) mass is 448 g/mol. The number of para-hydroxylation sites is 1. The van der Waals surface area contributed by atoms with E-state index in [1.54, 1.807) is 36.9 Å². The molecule has 7 heteroatoms. The summed E-state index contributed by atoms with van der Waals surface area (Å²) < 4.78 is 5.42. The van der Waals surface area contributed by atoms with Crippen LogP contribution >= 0.6 is 11.3 Å². The number of rotatable bonds is 8. The predicted molar refractivity (Wildman–Crippen MR) is 128 cm³/mol. The third kappa shape index (κ3) is 5.60. The quantitative estimate of drug-likeness (QED) is 0.552. The maximum atomic E-state index is 12.8. The number of methoxy groups -OCH3 is 1. The number of ether oxygens (including phenoxy) is 1. The van der Waals surface area contributed by atoms with Crippen LogP contribution in [0.1, 0.15) is 39.9 Å². The van der Waals surface area contributed by atoms with Crippen molar-refractivity contribution in [2.45, 2.75) is 18.9 Å². The van der Waals surface area contributed by atoms with Gasteiger partial charge in [-0.05, 0) is 50.0 Å². The highest BCUT2D eigenvalue weighted by Crippen LogP contribution is 2.32. The largest absolute Gasteiger partial charge is 0.496 e. The molecule has 1 aromatic carbocycles. The number of carbonyl (C=O) groups is 1. The zero-order valence-corrected chi connectivity index (χ0v) is 19.0. The van der Waals surface area contributed by atoms with Crippen molar-refractivity contribution in [1.82, 2.24) is 20.2 Å². The summed E-state index contributed by atoms with van der Waals surface area (Å²) in [5, 5.41) is 6.12. The predicted octanol–water partition coefficient (Wildman–Crippen LogP) is 4.44. The van der Waals surface area contributed by atoms with Crippen molar-refractivity contribution < 1.29 is 9.53 Å². The van der Waals surface area contributed by atoms with E-state index in [-0.39, 0.29) is 11.9 Å². The van der Waals surface area contributed by atoms with Gasteiger partial charge >= 0.3 is 0 Å². The molecule has 1 atom stereocenters. The highest BCUT2D eigenvalue weighted by atomic mass is 32.1. The van der Waals surface area contributed by atoms with Gasteiger partial charge < -0.3 is 10.1 Å². The Morgan fingerprint density at radius 1 is 1.19 bits per heavy atom. The Hall–Kier alpha value is -3.03. The van der Waals surface area contributed by atoms with E-state index >= 15 is 0 Å². The summed E-state index contributed by atoms with van der Waals surface area (Å²) in [5.41, 5.74) is 1.53. The first-order chi connectivity index (χ1) is 15.7. The molecule has 0 spiro atoms. The van der Waals surface area contributed by atoms with Gasteiger partial charge in [0.2, 0.25) is 0 Å². The third-order valence-electron chi connectivity index (χ3n) is 5.81. The second-order valence-corrected chi connectivity index (χ2v) is 8.74. The first-order valence-electron chi connectivity index (χ1n) is 10.9. The van der Waals surface area contributed by atoms with Gasteiger partial charge in [0.1, 0.15) is 16.5 Å². The van der Waals surface area contributed by atoms with Crippen LogP contribution in [0.25, 0.3) is 6.08 Å². The lowest BCUT2D eigenvalue weighted by atomic mass is 9.89. The molecule has 2 aromatic heterocycles. The Balaban J connectivity index is 1.35. The number of nitrogens with one attached hydrogen (secondary N) is 1. The Morgan fingerprint density at radius 2 is 2.00 bits per heavy atom. The van der Waals surface area contributed by atoms with Gasteiger partial charge in [0.15, 0.2) is 0 Å². The molecule has 1 amide bonds. The van der Waals surface area contributed by atoms with Crippen LogP contribution in [0.2, 0.25) is 0 Å². The number of thiazole rings is 1. The molecule has 3 heterocycles. The Labute approximate surface area is 193 Å². The van der Waals surface area contributed by atoms with Gasteiger partial charge in [0.05, 0.1) is 13.2 Å². The zero-order valence-electron chi connectivity index (χ0n) is 18.2. The van der Waals surface area contributed by atoms with Crippen molar-refractivity contribution in [1.29, 1.82) is 0 Å². The second-order valence-electron chi connectivity index (χ2n) is 7.82. The smallest absolute Gasteiger partial charge is 0.270 e. The zero-order chi connectivity index (χ0) is 22.2. The van der Waals surface area contributed by atoms with Crippen LogP contribution in [0.3, 0.4) is 0 Å². The summed E-state index contributed by atoms with van der Waals surface area (Å²) in [4.78, 5) is 23.9. The molecule has 0 radical (unpaired) electrons. The maximum Gasteiger partial charge on any atom is 0.270 e. The molecular formula is C25H28N4O2S. The van der Waals surface area contributed by atoms with Crippen LogP contribution in [0, 0.1) is 5.92 Å². The lowest BCUT2D eigenvalue weighted by molar-refractivity contribution is 0.0892. The summed E-state index contributed by atoms with van der Waals surface area (Å²) in [7, 11) is 1.70. The summed E-state index contributed by atoms with van der Waals surface area (Å²) in [5.74, 6) is 1.09. The van der Waals surface area contributed by atoms with Crippen LogP contribution in [0.4, 0.5) is 0 Å². The molecule has 0 bridgehead atoms. The molecule has 1 N–H and O–H groups in total. The Bertz CT molecular complexity index is 1020. The van der Waals surface area contributed by atoms with Crippen molar-refractivity contribution in [2.24, 2.45) is 5.92 Å². The van der Waals surface area contributed by atoms with Gasteiger partial charge in [0, 0.05) is 29.9 Å².